The van der Waals surface area contributed by atoms with Gasteiger partial charge in [0, 0.05) is 38.8 Å². The normalized spacial score (nSPS) is 12.9. The highest BCUT2D eigenvalue weighted by molar-refractivity contribution is 6.20. The van der Waals surface area contributed by atoms with Crippen molar-refractivity contribution < 1.29 is 0 Å². The molecule has 9 rings (SSSR count). The van der Waals surface area contributed by atoms with Crippen LogP contribution in [0.1, 0.15) is 25.0 Å². The van der Waals surface area contributed by atoms with Crippen molar-refractivity contribution >= 4 is 55.7 Å². The van der Waals surface area contributed by atoms with Crippen molar-refractivity contribution in [1.82, 2.24) is 0 Å². The molecular weight excluding hydrogens is 593 g/mol. The monoisotopic (exact) mass is 628 g/mol. The molecule has 0 bridgehead atoms. The Balaban J connectivity index is 1.35. The van der Waals surface area contributed by atoms with Crippen LogP contribution in [0.3, 0.4) is 0 Å². The Morgan fingerprint density at radius 2 is 0.898 bits per heavy atom. The minimum atomic E-state index is -0.0943. The second-order valence-electron chi connectivity index (χ2n) is 13.4. The minimum Gasteiger partial charge on any atom is -0.310 e. The predicted molar refractivity (Wildman–Crippen MR) is 208 cm³/mol. The summed E-state index contributed by atoms with van der Waals surface area (Å²) in [4.78, 5) is 4.87. The summed E-state index contributed by atoms with van der Waals surface area (Å²) in [5, 5.41) is 4.84. The summed E-state index contributed by atoms with van der Waals surface area (Å²) in [5.74, 6) is 0. The van der Waals surface area contributed by atoms with Gasteiger partial charge in [-0.25, -0.2) is 0 Å². The largest absolute Gasteiger partial charge is 0.310 e. The number of hydrogen-bond acceptors (Lipinski definition) is 2. The lowest BCUT2D eigenvalue weighted by Gasteiger charge is -2.31. The molecule has 0 spiro atoms. The van der Waals surface area contributed by atoms with E-state index in [4.69, 9.17) is 0 Å². The average Bonchev–Trinajstić information content (AvgIpc) is 3.40. The highest BCUT2D eigenvalue weighted by Gasteiger charge is 2.38. The predicted octanol–water partition coefficient (Wildman–Crippen LogP) is 13.2. The molecule has 0 heterocycles. The van der Waals surface area contributed by atoms with E-state index >= 15 is 0 Å². The van der Waals surface area contributed by atoms with E-state index in [0.717, 1.165) is 28.4 Å². The van der Waals surface area contributed by atoms with Crippen LogP contribution >= 0.6 is 0 Å². The second-order valence-corrected chi connectivity index (χ2v) is 13.4. The molecule has 8 aromatic rings. The van der Waals surface area contributed by atoms with Gasteiger partial charge in [-0.2, -0.15) is 0 Å². The van der Waals surface area contributed by atoms with Crippen LogP contribution in [0, 0.1) is 0 Å². The topological polar surface area (TPSA) is 6.48 Å². The van der Waals surface area contributed by atoms with Gasteiger partial charge in [0.1, 0.15) is 0 Å². The van der Waals surface area contributed by atoms with Crippen molar-refractivity contribution in [3.63, 3.8) is 0 Å². The Morgan fingerprint density at radius 3 is 1.57 bits per heavy atom. The van der Waals surface area contributed by atoms with E-state index in [0.29, 0.717) is 0 Å². The minimum absolute atomic E-state index is 0.0943. The number of rotatable bonds is 6. The van der Waals surface area contributed by atoms with Crippen LogP contribution in [-0.4, -0.2) is 0 Å². The lowest BCUT2D eigenvalue weighted by atomic mass is 9.82. The molecule has 1 aliphatic carbocycles. The Morgan fingerprint density at radius 1 is 0.388 bits per heavy atom. The van der Waals surface area contributed by atoms with E-state index in [1.165, 1.54) is 49.5 Å². The molecule has 234 valence electrons. The van der Waals surface area contributed by atoms with Crippen molar-refractivity contribution in [2.45, 2.75) is 19.3 Å². The van der Waals surface area contributed by atoms with Crippen LogP contribution in [0.15, 0.2) is 182 Å². The van der Waals surface area contributed by atoms with Crippen molar-refractivity contribution in [2.75, 3.05) is 9.80 Å². The Bertz CT molecular complexity index is 2430. The third kappa shape index (κ3) is 4.63. The molecule has 2 nitrogen and oxygen atoms in total. The molecule has 49 heavy (non-hydrogen) atoms. The standard InChI is InChI=1S/C47H36N2/c1-47(2)40-28-15-14-27-39(40)46-41(47)29-17-31-43(46)49(36-23-10-5-11-24-36)44-32-33-18-16-30-42(45(33)38-26-13-12-25-37(38)44)48(34-19-6-3-7-20-34)35-21-8-4-9-22-35/h3-32H,1-2H3. The molecule has 1 aliphatic rings. The molecule has 0 atom stereocenters. The van der Waals surface area contributed by atoms with Crippen molar-refractivity contribution in [1.29, 1.82) is 0 Å². The van der Waals surface area contributed by atoms with Gasteiger partial charge in [0.05, 0.1) is 17.1 Å². The van der Waals surface area contributed by atoms with Crippen LogP contribution in [-0.2, 0) is 5.41 Å². The maximum Gasteiger partial charge on any atom is 0.0546 e. The van der Waals surface area contributed by atoms with E-state index in [1.807, 2.05) is 0 Å². The van der Waals surface area contributed by atoms with Gasteiger partial charge in [-0.15, -0.1) is 0 Å². The zero-order chi connectivity index (χ0) is 33.0. The SMILES string of the molecule is CC1(C)c2ccccc2-c2c(N(c3ccccc3)c3cc4cccc(N(c5ccccc5)c5ccccc5)c4c4ccccc34)cccc21. The summed E-state index contributed by atoms with van der Waals surface area (Å²) >= 11 is 0. The molecule has 8 aromatic carbocycles. The average molecular weight is 629 g/mol. The van der Waals surface area contributed by atoms with Crippen molar-refractivity contribution in [3.05, 3.63) is 193 Å². The molecule has 0 radical (unpaired) electrons. The second kappa shape index (κ2) is 11.5. The Labute approximate surface area is 288 Å². The van der Waals surface area contributed by atoms with Crippen LogP contribution < -0.4 is 9.80 Å². The summed E-state index contributed by atoms with van der Waals surface area (Å²) in [7, 11) is 0. The van der Waals surface area contributed by atoms with Crippen LogP contribution in [0.25, 0.3) is 32.7 Å². The van der Waals surface area contributed by atoms with Gasteiger partial charge in [0.25, 0.3) is 0 Å². The van der Waals surface area contributed by atoms with Crippen molar-refractivity contribution in [3.8, 4) is 11.1 Å². The fourth-order valence-corrected chi connectivity index (χ4v) is 7.98. The third-order valence-electron chi connectivity index (χ3n) is 10.2. The van der Waals surface area contributed by atoms with Crippen LogP contribution in [0.5, 0.6) is 0 Å². The summed E-state index contributed by atoms with van der Waals surface area (Å²) in [5.41, 5.74) is 12.2. The van der Waals surface area contributed by atoms with Gasteiger partial charge in [-0.1, -0.05) is 141 Å². The molecule has 0 N–H and O–H groups in total. The molecule has 0 unspecified atom stereocenters. The van der Waals surface area contributed by atoms with E-state index < -0.39 is 0 Å². The van der Waals surface area contributed by atoms with Gasteiger partial charge in [0.15, 0.2) is 0 Å². The molecule has 0 aromatic heterocycles. The van der Waals surface area contributed by atoms with E-state index in [-0.39, 0.29) is 5.41 Å². The van der Waals surface area contributed by atoms with Crippen LogP contribution in [0.4, 0.5) is 34.1 Å². The highest BCUT2D eigenvalue weighted by atomic mass is 15.2. The molecule has 0 saturated carbocycles. The van der Waals surface area contributed by atoms with Gasteiger partial charge in [0.2, 0.25) is 0 Å². The van der Waals surface area contributed by atoms with Gasteiger partial charge >= 0.3 is 0 Å². The summed E-state index contributed by atoms with van der Waals surface area (Å²) in [6, 6.07) is 66.0. The maximum absolute atomic E-state index is 2.48. The first kappa shape index (κ1) is 29.1. The van der Waals surface area contributed by atoms with Gasteiger partial charge in [-0.05, 0) is 82.1 Å². The zero-order valence-corrected chi connectivity index (χ0v) is 27.7. The molecular formula is C47H36N2. The molecule has 0 amide bonds. The number of benzene rings is 8. The van der Waals surface area contributed by atoms with E-state index in [9.17, 15) is 0 Å². The Hall–Kier alpha value is -6.12. The van der Waals surface area contributed by atoms with Crippen molar-refractivity contribution in [2.24, 2.45) is 0 Å². The van der Waals surface area contributed by atoms with Gasteiger partial charge in [-0.3, -0.25) is 0 Å². The van der Waals surface area contributed by atoms with E-state index in [2.05, 4.69) is 206 Å². The maximum atomic E-state index is 2.48. The smallest absolute Gasteiger partial charge is 0.0546 e. The number of anilines is 6. The molecule has 0 fully saturated rings. The zero-order valence-electron chi connectivity index (χ0n) is 27.7. The lowest BCUT2D eigenvalue weighted by Crippen LogP contribution is -2.16. The number of para-hydroxylation sites is 3. The van der Waals surface area contributed by atoms with Gasteiger partial charge < -0.3 is 9.80 Å². The molecule has 0 aliphatic heterocycles. The molecule has 0 saturated heterocycles. The van der Waals surface area contributed by atoms with Crippen LogP contribution in [0.2, 0.25) is 0 Å². The molecule has 2 heteroatoms. The summed E-state index contributed by atoms with van der Waals surface area (Å²) < 4.78 is 0. The number of nitrogens with zero attached hydrogens (tertiary/aromatic N) is 2. The Kier molecular flexibility index (Phi) is 6.84. The fourth-order valence-electron chi connectivity index (χ4n) is 7.98. The fraction of sp³-hybridized carbons (Fsp3) is 0.0638. The quantitative estimate of drug-likeness (QED) is 0.169. The van der Waals surface area contributed by atoms with E-state index in [1.54, 1.807) is 0 Å². The number of hydrogen-bond donors (Lipinski definition) is 0. The highest BCUT2D eigenvalue weighted by Crippen LogP contribution is 2.55. The first-order valence-corrected chi connectivity index (χ1v) is 17.0. The first-order chi connectivity index (χ1) is 24.1. The summed E-state index contributed by atoms with van der Waals surface area (Å²) in [6.45, 7) is 4.71. The summed E-state index contributed by atoms with van der Waals surface area (Å²) in [6.07, 6.45) is 0. The first-order valence-electron chi connectivity index (χ1n) is 17.0. The lowest BCUT2D eigenvalue weighted by molar-refractivity contribution is 0.660. The third-order valence-corrected chi connectivity index (χ3v) is 10.2. The number of fused-ring (bicyclic) bond motifs is 6.